The maximum atomic E-state index is 5.53. The lowest BCUT2D eigenvalue weighted by molar-refractivity contribution is 0.483. The van der Waals surface area contributed by atoms with E-state index in [0.717, 1.165) is 12.1 Å². The van der Waals surface area contributed by atoms with E-state index in [9.17, 15) is 0 Å². The van der Waals surface area contributed by atoms with Crippen molar-refractivity contribution in [3.63, 3.8) is 0 Å². The van der Waals surface area contributed by atoms with E-state index < -0.39 is 0 Å². The molecule has 1 aromatic rings. The first-order chi connectivity index (χ1) is 6.22. The second-order valence-corrected chi connectivity index (χ2v) is 3.75. The quantitative estimate of drug-likeness (QED) is 0.681. The highest BCUT2D eigenvalue weighted by molar-refractivity contribution is 6.19. The topological polar surface area (TPSA) is 17.8 Å². The Hall–Kier alpha value is -0.760. The Bertz CT molecular complexity index is 276. The van der Waals surface area contributed by atoms with Crippen molar-refractivity contribution in [2.24, 2.45) is 5.92 Å². The molecule has 0 saturated carbocycles. The zero-order chi connectivity index (χ0) is 9.68. The van der Waals surface area contributed by atoms with Gasteiger partial charge >= 0.3 is 0 Å². The number of halogens is 1. The van der Waals surface area contributed by atoms with E-state index in [0.29, 0.717) is 11.8 Å². The van der Waals surface area contributed by atoms with Gasteiger partial charge in [0.1, 0.15) is 0 Å². The highest BCUT2D eigenvalue weighted by Gasteiger charge is 1.97. The van der Waals surface area contributed by atoms with Crippen molar-refractivity contribution in [1.82, 2.24) is 9.78 Å². The molecular formula is C10H15ClN2. The fraction of sp³-hybridized carbons (Fsp3) is 0.500. The number of rotatable bonds is 4. The van der Waals surface area contributed by atoms with Gasteiger partial charge < -0.3 is 0 Å². The fourth-order valence-corrected chi connectivity index (χ4v) is 1.21. The molecule has 1 rings (SSSR count). The smallest absolute Gasteiger partial charge is 0.0562 e. The lowest BCUT2D eigenvalue weighted by Gasteiger charge is -2.02. The monoisotopic (exact) mass is 198 g/mol. The van der Waals surface area contributed by atoms with Crippen LogP contribution < -0.4 is 0 Å². The second-order valence-electron chi connectivity index (χ2n) is 3.45. The zero-order valence-electron chi connectivity index (χ0n) is 8.07. The average Bonchev–Trinajstić information content (AvgIpc) is 2.48. The highest BCUT2D eigenvalue weighted by Crippen LogP contribution is 2.03. The van der Waals surface area contributed by atoms with Crippen LogP contribution in [0.3, 0.4) is 0 Å². The lowest BCUT2D eigenvalue weighted by Crippen LogP contribution is -2.03. The predicted molar refractivity (Wildman–Crippen MR) is 56.8 cm³/mol. The summed E-state index contributed by atoms with van der Waals surface area (Å²) in [5.41, 5.74) is 1.11. The Kier molecular flexibility index (Phi) is 4.03. The molecule has 72 valence electrons. The van der Waals surface area contributed by atoms with E-state index in [2.05, 4.69) is 18.9 Å². The van der Waals surface area contributed by atoms with Crippen molar-refractivity contribution in [2.75, 3.05) is 5.88 Å². The van der Waals surface area contributed by atoms with Crippen molar-refractivity contribution in [3.05, 3.63) is 24.0 Å². The van der Waals surface area contributed by atoms with Crippen molar-refractivity contribution >= 4 is 17.7 Å². The summed E-state index contributed by atoms with van der Waals surface area (Å²) in [6, 6.07) is 0. The molecule has 0 amide bonds. The number of allylic oxidation sites excluding steroid dienone is 1. The molecule has 1 heterocycles. The van der Waals surface area contributed by atoms with Gasteiger partial charge in [0.2, 0.25) is 0 Å². The van der Waals surface area contributed by atoms with Crippen LogP contribution in [-0.2, 0) is 6.54 Å². The van der Waals surface area contributed by atoms with E-state index in [1.165, 1.54) is 0 Å². The molecule has 0 fully saturated rings. The Labute approximate surface area is 84.2 Å². The number of nitrogens with zero attached hydrogens (tertiary/aromatic N) is 2. The summed E-state index contributed by atoms with van der Waals surface area (Å²) in [6.45, 7) is 5.32. The SMILES string of the molecule is CC(C)Cn1cc(C=CCCl)cn1. The van der Waals surface area contributed by atoms with Crippen molar-refractivity contribution < 1.29 is 0 Å². The van der Waals surface area contributed by atoms with Crippen LogP contribution in [0.2, 0.25) is 0 Å². The molecule has 0 saturated heterocycles. The van der Waals surface area contributed by atoms with Gasteiger partial charge in [-0.05, 0) is 5.92 Å². The minimum atomic E-state index is 0.551. The molecule has 0 aliphatic rings. The first-order valence-electron chi connectivity index (χ1n) is 4.47. The first-order valence-corrected chi connectivity index (χ1v) is 5.00. The van der Waals surface area contributed by atoms with Gasteiger partial charge in [0.05, 0.1) is 6.20 Å². The molecule has 1 aromatic heterocycles. The summed E-state index contributed by atoms with van der Waals surface area (Å²) in [6.07, 6.45) is 7.78. The van der Waals surface area contributed by atoms with Crippen LogP contribution in [0, 0.1) is 5.92 Å². The van der Waals surface area contributed by atoms with E-state index >= 15 is 0 Å². The highest BCUT2D eigenvalue weighted by atomic mass is 35.5. The molecular weight excluding hydrogens is 184 g/mol. The maximum Gasteiger partial charge on any atom is 0.0562 e. The van der Waals surface area contributed by atoms with Crippen LogP contribution in [0.4, 0.5) is 0 Å². The van der Waals surface area contributed by atoms with Gasteiger partial charge in [0.15, 0.2) is 0 Å². The van der Waals surface area contributed by atoms with E-state index in [4.69, 9.17) is 11.6 Å². The molecule has 0 radical (unpaired) electrons. The third-order valence-electron chi connectivity index (χ3n) is 1.60. The molecule has 13 heavy (non-hydrogen) atoms. The Balaban J connectivity index is 2.58. The second kappa shape index (κ2) is 5.07. The third-order valence-corrected chi connectivity index (χ3v) is 1.78. The zero-order valence-corrected chi connectivity index (χ0v) is 8.83. The van der Waals surface area contributed by atoms with E-state index in [1.54, 1.807) is 0 Å². The minimum absolute atomic E-state index is 0.551. The van der Waals surface area contributed by atoms with Crippen LogP contribution in [0.1, 0.15) is 19.4 Å². The van der Waals surface area contributed by atoms with Crippen molar-refractivity contribution in [3.8, 4) is 0 Å². The van der Waals surface area contributed by atoms with E-state index in [-0.39, 0.29) is 0 Å². The van der Waals surface area contributed by atoms with Gasteiger partial charge in [-0.2, -0.15) is 5.10 Å². The summed E-state index contributed by atoms with van der Waals surface area (Å²) in [5, 5.41) is 4.23. The molecule has 0 aliphatic carbocycles. The number of hydrogen-bond donors (Lipinski definition) is 0. The molecule has 0 atom stereocenters. The molecule has 0 aromatic carbocycles. The Morgan fingerprint density at radius 3 is 3.00 bits per heavy atom. The summed E-state index contributed by atoms with van der Waals surface area (Å²) in [5.74, 6) is 1.18. The Morgan fingerprint density at radius 2 is 2.38 bits per heavy atom. The van der Waals surface area contributed by atoms with Crippen LogP contribution in [-0.4, -0.2) is 15.7 Å². The first kappa shape index (κ1) is 10.3. The summed E-state index contributed by atoms with van der Waals surface area (Å²) in [7, 11) is 0. The Morgan fingerprint density at radius 1 is 1.62 bits per heavy atom. The van der Waals surface area contributed by atoms with Crippen molar-refractivity contribution in [2.45, 2.75) is 20.4 Å². The van der Waals surface area contributed by atoms with Gasteiger partial charge in [-0.25, -0.2) is 0 Å². The molecule has 0 unspecified atom stereocenters. The summed E-state index contributed by atoms with van der Waals surface area (Å²) >= 11 is 5.53. The molecule has 0 N–H and O–H groups in total. The average molecular weight is 199 g/mol. The largest absolute Gasteiger partial charge is 0.272 e. The van der Waals surface area contributed by atoms with Crippen LogP contribution in [0.15, 0.2) is 18.5 Å². The van der Waals surface area contributed by atoms with Gasteiger partial charge in [-0.1, -0.05) is 26.0 Å². The van der Waals surface area contributed by atoms with Gasteiger partial charge in [0.25, 0.3) is 0 Å². The molecule has 2 nitrogen and oxygen atoms in total. The van der Waals surface area contributed by atoms with Crippen LogP contribution >= 0.6 is 11.6 Å². The maximum absolute atomic E-state index is 5.53. The predicted octanol–water partition coefficient (Wildman–Crippen LogP) is 2.79. The van der Waals surface area contributed by atoms with E-state index in [1.807, 2.05) is 29.2 Å². The summed E-state index contributed by atoms with van der Waals surface area (Å²) < 4.78 is 1.96. The van der Waals surface area contributed by atoms with Crippen LogP contribution in [0.25, 0.3) is 6.08 Å². The minimum Gasteiger partial charge on any atom is -0.272 e. The normalized spacial score (nSPS) is 11.7. The lowest BCUT2D eigenvalue weighted by atomic mass is 10.2. The molecule has 0 spiro atoms. The van der Waals surface area contributed by atoms with Gasteiger partial charge in [0, 0.05) is 24.2 Å². The molecule has 0 aliphatic heterocycles. The van der Waals surface area contributed by atoms with Crippen LogP contribution in [0.5, 0.6) is 0 Å². The standard InChI is InChI=1S/C10H15ClN2/c1-9(2)7-13-8-10(6-12-13)4-3-5-11/h3-4,6,8-9H,5,7H2,1-2H3. The third kappa shape index (κ3) is 3.64. The fourth-order valence-electron chi connectivity index (χ4n) is 1.12. The number of aromatic nitrogens is 2. The molecule has 0 bridgehead atoms. The van der Waals surface area contributed by atoms with Crippen molar-refractivity contribution in [1.29, 1.82) is 0 Å². The van der Waals surface area contributed by atoms with Gasteiger partial charge in [-0.15, -0.1) is 11.6 Å². The number of alkyl halides is 1. The molecule has 3 heteroatoms. The summed E-state index contributed by atoms with van der Waals surface area (Å²) in [4.78, 5) is 0. The number of hydrogen-bond acceptors (Lipinski definition) is 1. The van der Waals surface area contributed by atoms with Gasteiger partial charge in [-0.3, -0.25) is 4.68 Å².